The molecule has 0 fully saturated rings. The molecule has 0 saturated heterocycles. The second-order valence-corrected chi connectivity index (χ2v) is 4.57. The van der Waals surface area contributed by atoms with E-state index in [2.05, 4.69) is 5.32 Å². The third-order valence-electron chi connectivity index (χ3n) is 3.17. The van der Waals surface area contributed by atoms with Crippen molar-refractivity contribution >= 4 is 5.91 Å². The molecule has 2 rings (SSSR count). The Bertz CT molecular complexity index is 607. The molecule has 0 bridgehead atoms. The molecule has 0 aliphatic rings. The first-order valence-corrected chi connectivity index (χ1v) is 6.17. The first kappa shape index (κ1) is 13.3. The number of carbonyl (C=O) groups is 1. The summed E-state index contributed by atoms with van der Waals surface area (Å²) in [7, 11) is 0. The van der Waals surface area contributed by atoms with Crippen molar-refractivity contribution in [2.24, 2.45) is 0 Å². The Balaban J connectivity index is 2.05. The fourth-order valence-electron chi connectivity index (χ4n) is 1.80. The van der Waals surface area contributed by atoms with Gasteiger partial charge in [0.1, 0.15) is 5.82 Å². The van der Waals surface area contributed by atoms with Crippen LogP contribution in [0.2, 0.25) is 0 Å². The highest BCUT2D eigenvalue weighted by Gasteiger charge is 2.07. The van der Waals surface area contributed by atoms with Crippen molar-refractivity contribution in [3.05, 3.63) is 70.5 Å². The molecular formula is C16H16FNO. The van der Waals surface area contributed by atoms with Gasteiger partial charge in [-0.1, -0.05) is 24.3 Å². The van der Waals surface area contributed by atoms with Crippen LogP contribution in [-0.2, 0) is 6.54 Å². The van der Waals surface area contributed by atoms with Crippen LogP contribution in [0.25, 0.3) is 0 Å². The average molecular weight is 257 g/mol. The summed E-state index contributed by atoms with van der Waals surface area (Å²) in [6.45, 7) is 4.15. The summed E-state index contributed by atoms with van der Waals surface area (Å²) < 4.78 is 13.4. The Morgan fingerprint density at radius 2 is 1.84 bits per heavy atom. The zero-order valence-corrected chi connectivity index (χ0v) is 11.0. The van der Waals surface area contributed by atoms with Gasteiger partial charge in [0, 0.05) is 17.7 Å². The summed E-state index contributed by atoms with van der Waals surface area (Å²) >= 11 is 0. The molecule has 0 aromatic heterocycles. The lowest BCUT2D eigenvalue weighted by atomic mass is 10.1. The SMILES string of the molecule is Cc1ccc(C(=O)NCc2ccccc2F)cc1C. The molecule has 3 heteroatoms. The van der Waals surface area contributed by atoms with Gasteiger partial charge in [0.25, 0.3) is 5.91 Å². The largest absolute Gasteiger partial charge is 0.348 e. The quantitative estimate of drug-likeness (QED) is 0.897. The van der Waals surface area contributed by atoms with Crippen molar-refractivity contribution in [1.29, 1.82) is 0 Å². The van der Waals surface area contributed by atoms with Crippen LogP contribution >= 0.6 is 0 Å². The molecule has 19 heavy (non-hydrogen) atoms. The van der Waals surface area contributed by atoms with Gasteiger partial charge in [-0.05, 0) is 43.2 Å². The van der Waals surface area contributed by atoms with Gasteiger partial charge in [-0.15, -0.1) is 0 Å². The van der Waals surface area contributed by atoms with Gasteiger partial charge in [0.2, 0.25) is 0 Å². The zero-order valence-electron chi connectivity index (χ0n) is 11.0. The molecular weight excluding hydrogens is 241 g/mol. The Morgan fingerprint density at radius 3 is 2.53 bits per heavy atom. The van der Waals surface area contributed by atoms with Crippen molar-refractivity contribution < 1.29 is 9.18 Å². The smallest absolute Gasteiger partial charge is 0.251 e. The van der Waals surface area contributed by atoms with E-state index in [4.69, 9.17) is 0 Å². The maximum Gasteiger partial charge on any atom is 0.251 e. The van der Waals surface area contributed by atoms with Gasteiger partial charge in [-0.2, -0.15) is 0 Å². The van der Waals surface area contributed by atoms with E-state index in [1.807, 2.05) is 26.0 Å². The molecule has 2 aromatic carbocycles. The van der Waals surface area contributed by atoms with E-state index in [-0.39, 0.29) is 18.3 Å². The number of hydrogen-bond acceptors (Lipinski definition) is 1. The predicted molar refractivity (Wildman–Crippen MR) is 73.5 cm³/mol. The fourth-order valence-corrected chi connectivity index (χ4v) is 1.80. The number of amides is 1. The van der Waals surface area contributed by atoms with Crippen LogP contribution in [0, 0.1) is 19.7 Å². The predicted octanol–water partition coefficient (Wildman–Crippen LogP) is 3.37. The number of aryl methyl sites for hydroxylation is 2. The number of carbonyl (C=O) groups excluding carboxylic acids is 1. The van der Waals surface area contributed by atoms with Gasteiger partial charge in [0.15, 0.2) is 0 Å². The summed E-state index contributed by atoms with van der Waals surface area (Å²) in [5.41, 5.74) is 3.29. The van der Waals surface area contributed by atoms with Crippen LogP contribution in [0.3, 0.4) is 0 Å². The maximum absolute atomic E-state index is 13.4. The van der Waals surface area contributed by atoms with E-state index >= 15 is 0 Å². The van der Waals surface area contributed by atoms with Crippen LogP contribution in [0.15, 0.2) is 42.5 Å². The molecule has 98 valence electrons. The molecule has 0 spiro atoms. The molecule has 1 amide bonds. The highest BCUT2D eigenvalue weighted by atomic mass is 19.1. The average Bonchev–Trinajstić information content (AvgIpc) is 2.40. The molecule has 0 radical (unpaired) electrons. The van der Waals surface area contributed by atoms with Gasteiger partial charge in [-0.3, -0.25) is 4.79 Å². The van der Waals surface area contributed by atoms with Gasteiger partial charge in [-0.25, -0.2) is 4.39 Å². The molecule has 0 saturated carbocycles. The molecule has 0 unspecified atom stereocenters. The van der Waals surface area contributed by atoms with Crippen molar-refractivity contribution in [3.8, 4) is 0 Å². The topological polar surface area (TPSA) is 29.1 Å². The van der Waals surface area contributed by atoms with Crippen molar-refractivity contribution in [2.75, 3.05) is 0 Å². The second kappa shape index (κ2) is 5.65. The highest BCUT2D eigenvalue weighted by Crippen LogP contribution is 2.10. The third kappa shape index (κ3) is 3.19. The molecule has 1 N–H and O–H groups in total. The van der Waals surface area contributed by atoms with Crippen LogP contribution in [0.5, 0.6) is 0 Å². The van der Waals surface area contributed by atoms with E-state index in [9.17, 15) is 9.18 Å². The van der Waals surface area contributed by atoms with Crippen LogP contribution < -0.4 is 5.32 Å². The minimum absolute atomic E-state index is 0.189. The van der Waals surface area contributed by atoms with E-state index < -0.39 is 0 Å². The number of benzene rings is 2. The van der Waals surface area contributed by atoms with Crippen LogP contribution in [-0.4, -0.2) is 5.91 Å². The normalized spacial score (nSPS) is 10.3. The maximum atomic E-state index is 13.4. The molecule has 0 heterocycles. The summed E-state index contributed by atoms with van der Waals surface area (Å²) in [5, 5.41) is 2.72. The Morgan fingerprint density at radius 1 is 1.11 bits per heavy atom. The summed E-state index contributed by atoms with van der Waals surface area (Å²) in [6.07, 6.45) is 0. The van der Waals surface area contributed by atoms with E-state index in [1.54, 1.807) is 24.3 Å². The first-order valence-electron chi connectivity index (χ1n) is 6.17. The first-order chi connectivity index (χ1) is 9.08. The number of rotatable bonds is 3. The van der Waals surface area contributed by atoms with Gasteiger partial charge >= 0.3 is 0 Å². The number of halogens is 1. The number of hydrogen-bond donors (Lipinski definition) is 1. The van der Waals surface area contributed by atoms with Crippen molar-refractivity contribution in [2.45, 2.75) is 20.4 Å². The highest BCUT2D eigenvalue weighted by molar-refractivity contribution is 5.94. The second-order valence-electron chi connectivity index (χ2n) is 4.57. The molecule has 0 atom stereocenters. The Hall–Kier alpha value is -2.16. The van der Waals surface area contributed by atoms with Crippen LogP contribution in [0.1, 0.15) is 27.0 Å². The van der Waals surface area contributed by atoms with Gasteiger partial charge < -0.3 is 5.32 Å². The molecule has 2 nitrogen and oxygen atoms in total. The Kier molecular flexibility index (Phi) is 3.95. The van der Waals surface area contributed by atoms with Crippen LogP contribution in [0.4, 0.5) is 4.39 Å². The third-order valence-corrected chi connectivity index (χ3v) is 3.17. The summed E-state index contributed by atoms with van der Waals surface area (Å²) in [5.74, 6) is -0.491. The van der Waals surface area contributed by atoms with E-state index in [0.29, 0.717) is 11.1 Å². The molecule has 0 aliphatic carbocycles. The van der Waals surface area contributed by atoms with E-state index in [0.717, 1.165) is 11.1 Å². The lowest BCUT2D eigenvalue weighted by molar-refractivity contribution is 0.0950. The standard InChI is InChI=1S/C16H16FNO/c1-11-7-8-13(9-12(11)2)16(19)18-10-14-5-3-4-6-15(14)17/h3-9H,10H2,1-2H3,(H,18,19). The zero-order chi connectivity index (χ0) is 13.8. The monoisotopic (exact) mass is 257 g/mol. The minimum atomic E-state index is -0.303. The summed E-state index contributed by atoms with van der Waals surface area (Å²) in [6, 6.07) is 12.0. The van der Waals surface area contributed by atoms with E-state index in [1.165, 1.54) is 6.07 Å². The molecule has 2 aromatic rings. The summed E-state index contributed by atoms with van der Waals surface area (Å²) in [4.78, 5) is 12.0. The Labute approximate surface area is 112 Å². The van der Waals surface area contributed by atoms with Crippen molar-refractivity contribution in [3.63, 3.8) is 0 Å². The van der Waals surface area contributed by atoms with Crippen molar-refractivity contribution in [1.82, 2.24) is 5.32 Å². The lowest BCUT2D eigenvalue weighted by Gasteiger charge is -2.08. The number of nitrogens with one attached hydrogen (secondary N) is 1. The van der Waals surface area contributed by atoms with Gasteiger partial charge in [0.05, 0.1) is 0 Å². The molecule has 0 aliphatic heterocycles. The fraction of sp³-hybridized carbons (Fsp3) is 0.188. The lowest BCUT2D eigenvalue weighted by Crippen LogP contribution is -2.23. The minimum Gasteiger partial charge on any atom is -0.348 e.